The third-order valence-electron chi connectivity index (χ3n) is 5.99. The molecule has 0 unspecified atom stereocenters. The largest absolute Gasteiger partial charge is 0.488 e. The van der Waals surface area contributed by atoms with Gasteiger partial charge in [-0.1, -0.05) is 66.2 Å². The van der Waals surface area contributed by atoms with Crippen LogP contribution in [-0.2, 0) is 24.6 Å². The highest BCUT2D eigenvalue weighted by Gasteiger charge is 2.17. The van der Waals surface area contributed by atoms with Crippen molar-refractivity contribution in [3.05, 3.63) is 111 Å². The summed E-state index contributed by atoms with van der Waals surface area (Å²) < 4.78 is 13.2. The fourth-order valence-electron chi connectivity index (χ4n) is 3.86. The van der Waals surface area contributed by atoms with Gasteiger partial charge in [0.25, 0.3) is 0 Å². The normalized spacial score (nSPS) is 11.7. The van der Waals surface area contributed by atoms with E-state index in [1.807, 2.05) is 42.5 Å². The van der Waals surface area contributed by atoms with Crippen molar-refractivity contribution in [1.29, 1.82) is 0 Å². The van der Waals surface area contributed by atoms with Crippen molar-refractivity contribution in [3.8, 4) is 22.6 Å². The van der Waals surface area contributed by atoms with Crippen LogP contribution in [0.5, 0.6) is 11.5 Å². The summed E-state index contributed by atoms with van der Waals surface area (Å²) in [6.45, 7) is 1.99. The first-order valence-electron chi connectivity index (χ1n) is 12.1. The van der Waals surface area contributed by atoms with Crippen LogP contribution in [0, 0.1) is 0 Å². The Balaban J connectivity index is 1.56. The van der Waals surface area contributed by atoms with Gasteiger partial charge in [0.2, 0.25) is 0 Å². The fraction of sp³-hybridized carbons (Fsp3) is 0.200. The number of ether oxygens (including phenoxy) is 2. The van der Waals surface area contributed by atoms with Crippen molar-refractivity contribution in [1.82, 2.24) is 10.3 Å². The highest BCUT2D eigenvalue weighted by Crippen LogP contribution is 2.36. The predicted octanol–water partition coefficient (Wildman–Crippen LogP) is 6.36. The van der Waals surface area contributed by atoms with Crippen LogP contribution in [0.2, 0.25) is 5.02 Å². The zero-order chi connectivity index (χ0) is 26.9. The Bertz CT molecular complexity index is 1370. The average Bonchev–Trinajstić information content (AvgIpc) is 2.93. The number of aliphatic hydroxyl groups is 1. The van der Waals surface area contributed by atoms with Crippen molar-refractivity contribution in [2.75, 3.05) is 6.61 Å². The number of nitrogens with zero attached hydrogens (tertiary/aromatic N) is 1. The zero-order valence-corrected chi connectivity index (χ0v) is 23.2. The van der Waals surface area contributed by atoms with Crippen molar-refractivity contribution in [2.24, 2.45) is 0 Å². The van der Waals surface area contributed by atoms with Gasteiger partial charge in [0.05, 0.1) is 17.7 Å². The fourth-order valence-corrected chi connectivity index (χ4v) is 4.71. The molecule has 1 aromatic heterocycles. The van der Waals surface area contributed by atoms with Crippen molar-refractivity contribution < 1.29 is 19.4 Å². The maximum atomic E-state index is 11.8. The summed E-state index contributed by atoms with van der Waals surface area (Å²) in [5.41, 5.74) is 4.79. The van der Waals surface area contributed by atoms with Gasteiger partial charge in [-0.05, 0) is 46.1 Å². The molecule has 2 N–H and O–H groups in total. The highest BCUT2D eigenvalue weighted by molar-refractivity contribution is 9.10. The lowest BCUT2D eigenvalue weighted by Crippen LogP contribution is -2.38. The molecular weight excluding hydrogens is 568 g/mol. The summed E-state index contributed by atoms with van der Waals surface area (Å²) in [7, 11) is 0. The molecule has 196 valence electrons. The molecule has 0 spiro atoms. The van der Waals surface area contributed by atoms with Crippen LogP contribution < -0.4 is 14.8 Å². The van der Waals surface area contributed by atoms with E-state index in [9.17, 15) is 9.90 Å². The van der Waals surface area contributed by atoms with Gasteiger partial charge in [0.1, 0.15) is 30.5 Å². The molecule has 0 fully saturated rings. The van der Waals surface area contributed by atoms with Gasteiger partial charge >= 0.3 is 0 Å². The Hall–Kier alpha value is -3.23. The van der Waals surface area contributed by atoms with E-state index in [1.54, 1.807) is 24.5 Å². The molecule has 3 aromatic carbocycles. The van der Waals surface area contributed by atoms with Gasteiger partial charge in [-0.3, -0.25) is 9.78 Å². The maximum absolute atomic E-state index is 11.8. The molecule has 0 aliphatic rings. The number of hydrogen-bond donors (Lipinski definition) is 2. The van der Waals surface area contributed by atoms with E-state index in [0.29, 0.717) is 23.1 Å². The molecule has 0 radical (unpaired) electrons. The Morgan fingerprint density at radius 1 is 1.00 bits per heavy atom. The van der Waals surface area contributed by atoms with Crippen LogP contribution in [0.3, 0.4) is 0 Å². The van der Waals surface area contributed by atoms with Gasteiger partial charge in [-0.2, -0.15) is 0 Å². The second-order valence-electron chi connectivity index (χ2n) is 8.70. The molecule has 38 heavy (non-hydrogen) atoms. The van der Waals surface area contributed by atoms with Gasteiger partial charge in [-0.15, -0.1) is 0 Å². The maximum Gasteiger partial charge on any atom is 0.149 e. The number of carbonyl (C=O) groups is 1. The van der Waals surface area contributed by atoms with E-state index < -0.39 is 6.04 Å². The lowest BCUT2D eigenvalue weighted by atomic mass is 10.0. The topological polar surface area (TPSA) is 80.7 Å². The zero-order valence-electron chi connectivity index (χ0n) is 20.9. The molecule has 4 aromatic rings. The molecule has 0 aliphatic heterocycles. The predicted molar refractivity (Wildman–Crippen MR) is 152 cm³/mol. The summed E-state index contributed by atoms with van der Waals surface area (Å²) in [5, 5.41) is 13.0. The molecule has 0 amide bonds. The number of benzene rings is 3. The average molecular weight is 596 g/mol. The third kappa shape index (κ3) is 7.20. The molecule has 0 saturated carbocycles. The Morgan fingerprint density at radius 3 is 2.50 bits per heavy atom. The summed E-state index contributed by atoms with van der Waals surface area (Å²) >= 11 is 10.4. The number of ketones is 1. The van der Waals surface area contributed by atoms with Crippen LogP contribution in [-0.4, -0.2) is 28.5 Å². The number of halogens is 2. The molecule has 4 rings (SSSR count). The van der Waals surface area contributed by atoms with Gasteiger partial charge < -0.3 is 19.9 Å². The van der Waals surface area contributed by atoms with E-state index in [2.05, 4.69) is 44.4 Å². The minimum atomic E-state index is -0.676. The van der Waals surface area contributed by atoms with Crippen LogP contribution in [0.15, 0.2) is 89.7 Å². The number of aromatic nitrogens is 1. The van der Waals surface area contributed by atoms with Gasteiger partial charge in [0, 0.05) is 46.2 Å². The second kappa shape index (κ2) is 13.5. The Kier molecular flexibility index (Phi) is 9.90. The van der Waals surface area contributed by atoms with Crippen LogP contribution >= 0.6 is 27.5 Å². The second-order valence-corrected chi connectivity index (χ2v) is 9.90. The van der Waals surface area contributed by atoms with E-state index in [-0.39, 0.29) is 25.5 Å². The van der Waals surface area contributed by atoms with Crippen molar-refractivity contribution in [3.63, 3.8) is 0 Å². The molecule has 0 bridgehead atoms. The minimum absolute atomic E-state index is 0.153. The minimum Gasteiger partial charge on any atom is -0.488 e. The van der Waals surface area contributed by atoms with E-state index in [1.165, 1.54) is 6.92 Å². The van der Waals surface area contributed by atoms with Gasteiger partial charge in [0.15, 0.2) is 0 Å². The molecular formula is C30H28BrClN2O4. The molecule has 0 saturated heterocycles. The van der Waals surface area contributed by atoms with Crippen molar-refractivity contribution >= 4 is 33.3 Å². The number of aliphatic hydroxyl groups excluding tert-OH is 1. The van der Waals surface area contributed by atoms with Crippen LogP contribution in [0.4, 0.5) is 0 Å². The van der Waals surface area contributed by atoms with E-state index in [0.717, 1.165) is 32.3 Å². The highest BCUT2D eigenvalue weighted by atomic mass is 79.9. The monoisotopic (exact) mass is 594 g/mol. The van der Waals surface area contributed by atoms with Crippen LogP contribution in [0.25, 0.3) is 11.1 Å². The quantitative estimate of drug-likeness (QED) is 0.198. The molecule has 6 nitrogen and oxygen atoms in total. The lowest BCUT2D eigenvalue weighted by Gasteiger charge is -2.18. The lowest BCUT2D eigenvalue weighted by molar-refractivity contribution is -0.119. The van der Waals surface area contributed by atoms with Crippen molar-refractivity contribution in [2.45, 2.75) is 32.7 Å². The molecule has 8 heteroatoms. The third-order valence-corrected chi connectivity index (χ3v) is 7.22. The first-order chi connectivity index (χ1) is 18.5. The smallest absolute Gasteiger partial charge is 0.149 e. The van der Waals surface area contributed by atoms with E-state index >= 15 is 0 Å². The standard InChI is InChI=1S/C30H28BrClN2O4/c1-20(36)27(17-35)34-16-24-13-26(32)29(14-28(24)37-18-21-7-6-12-33-15-21)38-19-23-10-5-11-25(30(23)31)22-8-3-2-4-9-22/h2-15,27,34-35H,16-19H2,1H3/t27-/m0/s1. The molecule has 1 atom stereocenters. The number of pyridine rings is 1. The first kappa shape index (κ1) is 27.8. The number of carbonyl (C=O) groups excluding carboxylic acids is 1. The summed E-state index contributed by atoms with van der Waals surface area (Å²) in [6.07, 6.45) is 3.44. The number of rotatable bonds is 12. The van der Waals surface area contributed by atoms with E-state index in [4.69, 9.17) is 21.1 Å². The number of nitrogens with one attached hydrogen (secondary N) is 1. The SMILES string of the molecule is CC(=O)[C@H](CO)NCc1cc(Cl)c(OCc2cccc(-c3ccccc3)c2Br)cc1OCc1cccnc1. The summed E-state index contributed by atoms with van der Waals surface area (Å²) in [4.78, 5) is 15.9. The van der Waals surface area contributed by atoms with Crippen LogP contribution in [0.1, 0.15) is 23.6 Å². The Morgan fingerprint density at radius 2 is 1.79 bits per heavy atom. The summed E-state index contributed by atoms with van der Waals surface area (Å²) in [5.74, 6) is 0.872. The number of hydrogen-bond acceptors (Lipinski definition) is 6. The molecule has 1 heterocycles. The summed E-state index contributed by atoms with van der Waals surface area (Å²) in [6, 6.07) is 22.8. The van der Waals surface area contributed by atoms with Gasteiger partial charge in [-0.25, -0.2) is 0 Å². The molecule has 0 aliphatic carbocycles. The number of Topliss-reactive ketones (excluding diaryl/α,β-unsaturated/α-hetero) is 1. The Labute approximate surface area is 235 Å². The first-order valence-corrected chi connectivity index (χ1v) is 13.3.